The minimum Gasteiger partial charge on any atom is -0.332 e. The van der Waals surface area contributed by atoms with Crippen LogP contribution in [0.5, 0.6) is 0 Å². The van der Waals surface area contributed by atoms with Crippen LogP contribution in [0.3, 0.4) is 0 Å². The second-order valence-corrected chi connectivity index (χ2v) is 6.85. The van der Waals surface area contributed by atoms with Gasteiger partial charge in [0.05, 0.1) is 15.7 Å². The van der Waals surface area contributed by atoms with E-state index in [0.29, 0.717) is 10.0 Å². The van der Waals surface area contributed by atoms with Crippen molar-refractivity contribution in [3.8, 4) is 11.3 Å². The molecule has 2 nitrogen and oxygen atoms in total. The Morgan fingerprint density at radius 3 is 2.33 bits per heavy atom. The first kappa shape index (κ1) is 14.9. The lowest BCUT2D eigenvalue weighted by molar-refractivity contribution is 1.38. The van der Waals surface area contributed by atoms with Crippen molar-refractivity contribution in [1.82, 2.24) is 4.98 Å². The van der Waals surface area contributed by atoms with Crippen molar-refractivity contribution >= 4 is 61.3 Å². The number of thiazole rings is 1. The van der Waals surface area contributed by atoms with Crippen molar-refractivity contribution in [2.24, 2.45) is 0 Å². The van der Waals surface area contributed by atoms with Crippen LogP contribution in [0.15, 0.2) is 52.3 Å². The lowest BCUT2D eigenvalue weighted by atomic mass is 10.2. The number of anilines is 2. The molecule has 0 aliphatic carbocycles. The molecule has 6 heteroatoms. The smallest absolute Gasteiger partial charge is 0.187 e. The Hall–Kier alpha value is -1.07. The van der Waals surface area contributed by atoms with Gasteiger partial charge in [0, 0.05) is 21.1 Å². The van der Waals surface area contributed by atoms with Crippen LogP contribution in [0.1, 0.15) is 0 Å². The van der Waals surface area contributed by atoms with E-state index in [4.69, 9.17) is 23.2 Å². The number of nitrogens with zero attached hydrogens (tertiary/aromatic N) is 1. The number of benzene rings is 2. The van der Waals surface area contributed by atoms with Gasteiger partial charge in [0.1, 0.15) is 0 Å². The van der Waals surface area contributed by atoms with Crippen molar-refractivity contribution in [1.29, 1.82) is 0 Å². The van der Waals surface area contributed by atoms with Crippen molar-refractivity contribution in [2.75, 3.05) is 5.32 Å². The van der Waals surface area contributed by atoms with Gasteiger partial charge in [-0.25, -0.2) is 4.98 Å². The van der Waals surface area contributed by atoms with E-state index in [2.05, 4.69) is 26.2 Å². The van der Waals surface area contributed by atoms with Gasteiger partial charge in [-0.2, -0.15) is 0 Å². The van der Waals surface area contributed by atoms with E-state index in [1.54, 1.807) is 0 Å². The van der Waals surface area contributed by atoms with Crippen LogP contribution < -0.4 is 5.32 Å². The summed E-state index contributed by atoms with van der Waals surface area (Å²) < 4.78 is 1.04. The topological polar surface area (TPSA) is 24.9 Å². The van der Waals surface area contributed by atoms with Gasteiger partial charge in [0.15, 0.2) is 5.13 Å². The fourth-order valence-corrected chi connectivity index (χ4v) is 3.42. The predicted octanol–water partition coefficient (Wildman–Crippen LogP) is 6.62. The molecule has 1 N–H and O–H groups in total. The minimum atomic E-state index is 0.600. The Bertz CT molecular complexity index is 751. The second kappa shape index (κ2) is 6.36. The molecule has 0 spiro atoms. The van der Waals surface area contributed by atoms with Crippen LogP contribution in [0, 0.1) is 0 Å². The molecule has 0 saturated carbocycles. The first-order valence-corrected chi connectivity index (χ1v) is 8.49. The average Bonchev–Trinajstić information content (AvgIpc) is 2.89. The van der Waals surface area contributed by atoms with Gasteiger partial charge in [0.25, 0.3) is 0 Å². The molecule has 0 aliphatic heterocycles. The molecule has 0 radical (unpaired) electrons. The van der Waals surface area contributed by atoms with Crippen LogP contribution >= 0.6 is 50.5 Å². The van der Waals surface area contributed by atoms with Crippen molar-refractivity contribution in [2.45, 2.75) is 0 Å². The van der Waals surface area contributed by atoms with E-state index in [-0.39, 0.29) is 0 Å². The van der Waals surface area contributed by atoms with Gasteiger partial charge >= 0.3 is 0 Å². The Kier molecular flexibility index (Phi) is 4.50. The normalized spacial score (nSPS) is 10.6. The maximum Gasteiger partial charge on any atom is 0.187 e. The fourth-order valence-electron chi connectivity index (χ4n) is 1.85. The summed E-state index contributed by atoms with van der Waals surface area (Å²) >= 11 is 17.3. The van der Waals surface area contributed by atoms with Crippen LogP contribution in [-0.2, 0) is 0 Å². The van der Waals surface area contributed by atoms with Gasteiger partial charge < -0.3 is 5.32 Å². The number of hydrogen-bond donors (Lipinski definition) is 1. The molecule has 3 aromatic rings. The fraction of sp³-hybridized carbons (Fsp3) is 0. The summed E-state index contributed by atoms with van der Waals surface area (Å²) in [6, 6.07) is 13.3. The number of aromatic nitrogens is 1. The molecule has 1 heterocycles. The molecule has 0 amide bonds. The van der Waals surface area contributed by atoms with Crippen LogP contribution in [0.25, 0.3) is 11.3 Å². The molecule has 0 atom stereocenters. The van der Waals surface area contributed by atoms with E-state index in [9.17, 15) is 0 Å². The maximum atomic E-state index is 6.21. The van der Waals surface area contributed by atoms with Crippen LogP contribution in [-0.4, -0.2) is 4.98 Å². The largest absolute Gasteiger partial charge is 0.332 e. The molecule has 3 rings (SSSR count). The molecular formula is C15H9BrCl2N2S. The van der Waals surface area contributed by atoms with E-state index in [0.717, 1.165) is 26.5 Å². The first-order valence-electron chi connectivity index (χ1n) is 6.06. The zero-order chi connectivity index (χ0) is 14.8. The van der Waals surface area contributed by atoms with Gasteiger partial charge in [0.2, 0.25) is 0 Å². The standard InChI is InChI=1S/C15H9BrCl2N2S/c16-9-4-6-10(7-5-9)19-15-20-13(8-21-15)14-11(17)2-1-3-12(14)18/h1-8H,(H,19,20). The molecular weight excluding hydrogens is 391 g/mol. The Labute approximate surface area is 144 Å². The molecule has 106 valence electrons. The van der Waals surface area contributed by atoms with Crippen LogP contribution in [0.4, 0.5) is 10.8 Å². The van der Waals surface area contributed by atoms with E-state index in [1.807, 2.05) is 47.8 Å². The highest BCUT2D eigenvalue weighted by Crippen LogP contribution is 2.36. The molecule has 0 aliphatic rings. The number of rotatable bonds is 3. The predicted molar refractivity (Wildman–Crippen MR) is 95.0 cm³/mol. The third-order valence-electron chi connectivity index (χ3n) is 2.82. The summed E-state index contributed by atoms with van der Waals surface area (Å²) in [6.07, 6.45) is 0. The summed E-state index contributed by atoms with van der Waals surface area (Å²) in [4.78, 5) is 4.55. The Morgan fingerprint density at radius 1 is 1.00 bits per heavy atom. The van der Waals surface area contributed by atoms with Gasteiger partial charge in [-0.05, 0) is 36.4 Å². The Morgan fingerprint density at radius 2 is 1.67 bits per heavy atom. The molecule has 2 aromatic carbocycles. The minimum absolute atomic E-state index is 0.600. The second-order valence-electron chi connectivity index (χ2n) is 4.27. The Balaban J connectivity index is 1.88. The van der Waals surface area contributed by atoms with Crippen molar-refractivity contribution in [3.63, 3.8) is 0 Å². The lowest BCUT2D eigenvalue weighted by Crippen LogP contribution is -1.89. The third-order valence-corrected chi connectivity index (χ3v) is 4.73. The summed E-state index contributed by atoms with van der Waals surface area (Å²) in [5.41, 5.74) is 2.51. The number of hydrogen-bond acceptors (Lipinski definition) is 3. The lowest BCUT2D eigenvalue weighted by Gasteiger charge is -2.04. The first-order chi connectivity index (χ1) is 10.1. The van der Waals surface area contributed by atoms with E-state index < -0.39 is 0 Å². The maximum absolute atomic E-state index is 6.21. The molecule has 21 heavy (non-hydrogen) atoms. The third kappa shape index (κ3) is 3.40. The summed E-state index contributed by atoms with van der Waals surface area (Å²) in [5, 5.41) is 7.19. The molecule has 0 saturated heterocycles. The zero-order valence-electron chi connectivity index (χ0n) is 10.6. The van der Waals surface area contributed by atoms with E-state index in [1.165, 1.54) is 11.3 Å². The highest BCUT2D eigenvalue weighted by atomic mass is 79.9. The summed E-state index contributed by atoms with van der Waals surface area (Å²) in [7, 11) is 0. The summed E-state index contributed by atoms with van der Waals surface area (Å²) in [5.74, 6) is 0. The van der Waals surface area contributed by atoms with Crippen molar-refractivity contribution in [3.05, 3.63) is 62.4 Å². The van der Waals surface area contributed by atoms with Gasteiger partial charge in [-0.15, -0.1) is 11.3 Å². The highest BCUT2D eigenvalue weighted by molar-refractivity contribution is 9.10. The SMILES string of the molecule is Clc1cccc(Cl)c1-c1csc(Nc2ccc(Br)cc2)n1. The van der Waals surface area contributed by atoms with Crippen LogP contribution in [0.2, 0.25) is 10.0 Å². The molecule has 0 fully saturated rings. The summed E-state index contributed by atoms with van der Waals surface area (Å²) in [6.45, 7) is 0. The van der Waals surface area contributed by atoms with Gasteiger partial charge in [-0.3, -0.25) is 0 Å². The average molecular weight is 400 g/mol. The molecule has 1 aromatic heterocycles. The van der Waals surface area contributed by atoms with Crippen molar-refractivity contribution < 1.29 is 0 Å². The number of halogens is 3. The van der Waals surface area contributed by atoms with Gasteiger partial charge in [-0.1, -0.05) is 45.2 Å². The highest BCUT2D eigenvalue weighted by Gasteiger charge is 2.12. The monoisotopic (exact) mass is 398 g/mol. The number of nitrogens with one attached hydrogen (secondary N) is 1. The molecule has 0 unspecified atom stereocenters. The quantitative estimate of drug-likeness (QED) is 0.534. The van der Waals surface area contributed by atoms with E-state index >= 15 is 0 Å². The zero-order valence-corrected chi connectivity index (χ0v) is 14.5. The molecule has 0 bridgehead atoms.